The third-order valence-electron chi connectivity index (χ3n) is 4.43. The molecule has 1 aliphatic rings. The van der Waals surface area contributed by atoms with Crippen molar-refractivity contribution in [2.24, 2.45) is 5.92 Å². The first-order valence-electron chi connectivity index (χ1n) is 6.88. The molecule has 2 nitrogen and oxygen atoms in total. The van der Waals surface area contributed by atoms with Gasteiger partial charge in [-0.15, -0.1) is 0 Å². The van der Waals surface area contributed by atoms with Crippen molar-refractivity contribution in [1.82, 2.24) is 0 Å². The summed E-state index contributed by atoms with van der Waals surface area (Å²) in [5.74, 6) is 0.566. The van der Waals surface area contributed by atoms with Crippen molar-refractivity contribution in [1.29, 1.82) is 0 Å². The van der Waals surface area contributed by atoms with Crippen molar-refractivity contribution in [3.8, 4) is 0 Å². The summed E-state index contributed by atoms with van der Waals surface area (Å²) in [5.41, 5.74) is 0. The fourth-order valence-electron chi connectivity index (χ4n) is 2.29. The Labute approximate surface area is 107 Å². The number of rotatable bonds is 4. The minimum Gasteiger partial charge on any atom is -0.414 e. The Morgan fingerprint density at radius 1 is 1.29 bits per heavy atom. The molecule has 0 aromatic rings. The Morgan fingerprint density at radius 2 is 1.94 bits per heavy atom. The van der Waals surface area contributed by atoms with Crippen LogP contribution < -0.4 is 0 Å². The summed E-state index contributed by atoms with van der Waals surface area (Å²) in [4.78, 5) is 10.6. The summed E-state index contributed by atoms with van der Waals surface area (Å²) in [6, 6.07) is 0. The molecule has 1 saturated carbocycles. The van der Waals surface area contributed by atoms with Crippen molar-refractivity contribution in [3.63, 3.8) is 0 Å². The Balaban J connectivity index is 2.54. The number of carbonyl (C=O) groups is 1. The Hall–Kier alpha value is -0.153. The first kappa shape index (κ1) is 14.9. The van der Waals surface area contributed by atoms with Crippen LogP contribution in [0, 0.1) is 5.92 Å². The average molecular weight is 256 g/mol. The summed E-state index contributed by atoms with van der Waals surface area (Å²) < 4.78 is 6.44. The standard InChI is InChI=1S/C14H28O2Si/c1-14(2,3)17(4,5)16-13-8-6-7-12(11-13)9-10-15/h10,12-13H,6-9,11H2,1-5H3/t12-,13-/m0/s1. The maximum atomic E-state index is 10.6. The van der Waals surface area contributed by atoms with Crippen molar-refractivity contribution in [2.45, 2.75) is 77.1 Å². The SMILES string of the molecule is CC(C)(C)[Si](C)(C)O[C@H]1CCC[C@@H](CC=O)C1. The number of aldehydes is 1. The molecule has 1 rings (SSSR count). The van der Waals surface area contributed by atoms with Gasteiger partial charge in [0.15, 0.2) is 8.32 Å². The van der Waals surface area contributed by atoms with Crippen molar-refractivity contribution < 1.29 is 9.22 Å². The Kier molecular flexibility index (Phi) is 4.96. The zero-order valence-corrected chi connectivity index (χ0v) is 13.1. The smallest absolute Gasteiger partial charge is 0.192 e. The maximum absolute atomic E-state index is 10.6. The van der Waals surface area contributed by atoms with E-state index in [1.165, 1.54) is 19.3 Å². The van der Waals surface area contributed by atoms with E-state index in [9.17, 15) is 4.79 Å². The fraction of sp³-hybridized carbons (Fsp3) is 0.929. The third-order valence-corrected chi connectivity index (χ3v) is 8.97. The molecular weight excluding hydrogens is 228 g/mol. The zero-order chi connectivity index (χ0) is 13.1. The van der Waals surface area contributed by atoms with Gasteiger partial charge in [-0.25, -0.2) is 0 Å². The molecule has 1 fully saturated rings. The van der Waals surface area contributed by atoms with E-state index in [0.717, 1.165) is 19.1 Å². The van der Waals surface area contributed by atoms with Crippen molar-refractivity contribution in [3.05, 3.63) is 0 Å². The molecule has 0 amide bonds. The van der Waals surface area contributed by atoms with Gasteiger partial charge in [0.1, 0.15) is 6.29 Å². The Morgan fingerprint density at radius 3 is 2.47 bits per heavy atom. The summed E-state index contributed by atoms with van der Waals surface area (Å²) in [6.07, 6.45) is 6.88. The van der Waals surface area contributed by atoms with E-state index in [4.69, 9.17) is 4.43 Å². The zero-order valence-electron chi connectivity index (χ0n) is 12.1. The molecule has 0 bridgehead atoms. The average Bonchev–Trinajstić information content (AvgIpc) is 2.16. The van der Waals surface area contributed by atoms with Crippen LogP contribution in [-0.4, -0.2) is 20.7 Å². The fourth-order valence-corrected chi connectivity index (χ4v) is 3.69. The lowest BCUT2D eigenvalue weighted by Gasteiger charge is -2.41. The van der Waals surface area contributed by atoms with Crippen LogP contribution in [0.2, 0.25) is 18.1 Å². The lowest BCUT2D eigenvalue weighted by atomic mass is 9.86. The van der Waals surface area contributed by atoms with E-state index >= 15 is 0 Å². The number of hydrogen-bond acceptors (Lipinski definition) is 2. The van der Waals surface area contributed by atoms with E-state index in [-0.39, 0.29) is 5.04 Å². The van der Waals surface area contributed by atoms with Gasteiger partial charge in [0, 0.05) is 12.5 Å². The van der Waals surface area contributed by atoms with Crippen LogP contribution in [0.5, 0.6) is 0 Å². The van der Waals surface area contributed by atoms with E-state index < -0.39 is 8.32 Å². The molecule has 100 valence electrons. The predicted octanol–water partition coefficient (Wildman–Crippen LogP) is 4.16. The second-order valence-electron chi connectivity index (χ2n) is 6.94. The number of carbonyl (C=O) groups excluding carboxylic acids is 1. The molecule has 0 N–H and O–H groups in total. The molecule has 3 heteroatoms. The Bertz CT molecular complexity index is 255. The topological polar surface area (TPSA) is 26.3 Å². The molecule has 17 heavy (non-hydrogen) atoms. The first-order chi connectivity index (χ1) is 7.76. The van der Waals surface area contributed by atoms with E-state index in [0.29, 0.717) is 12.0 Å². The predicted molar refractivity (Wildman–Crippen MR) is 74.7 cm³/mol. The van der Waals surface area contributed by atoms with Crippen LogP contribution in [0.15, 0.2) is 0 Å². The highest BCUT2D eigenvalue weighted by molar-refractivity contribution is 6.74. The molecule has 0 aromatic carbocycles. The summed E-state index contributed by atoms with van der Waals surface area (Å²) >= 11 is 0. The van der Waals surface area contributed by atoms with Crippen LogP contribution in [0.3, 0.4) is 0 Å². The van der Waals surface area contributed by atoms with Crippen LogP contribution in [0.4, 0.5) is 0 Å². The second kappa shape index (κ2) is 5.66. The molecule has 0 unspecified atom stereocenters. The summed E-state index contributed by atoms with van der Waals surface area (Å²) in [6.45, 7) is 11.5. The second-order valence-corrected chi connectivity index (χ2v) is 11.7. The lowest BCUT2D eigenvalue weighted by Crippen LogP contribution is -2.45. The molecule has 2 atom stereocenters. The van der Waals surface area contributed by atoms with Crippen LogP contribution in [-0.2, 0) is 9.22 Å². The number of hydrogen-bond donors (Lipinski definition) is 0. The summed E-state index contributed by atoms with van der Waals surface area (Å²) in [7, 11) is -1.63. The molecule has 0 aromatic heterocycles. The lowest BCUT2D eigenvalue weighted by molar-refractivity contribution is -0.109. The van der Waals surface area contributed by atoms with Gasteiger partial charge in [-0.3, -0.25) is 0 Å². The highest BCUT2D eigenvalue weighted by atomic mass is 28.4. The van der Waals surface area contributed by atoms with Gasteiger partial charge in [-0.05, 0) is 43.3 Å². The first-order valence-corrected chi connectivity index (χ1v) is 9.78. The highest BCUT2D eigenvalue weighted by Crippen LogP contribution is 2.40. The normalized spacial score (nSPS) is 26.9. The maximum Gasteiger partial charge on any atom is 0.192 e. The van der Waals surface area contributed by atoms with Crippen LogP contribution in [0.1, 0.15) is 52.9 Å². The van der Waals surface area contributed by atoms with Gasteiger partial charge >= 0.3 is 0 Å². The summed E-state index contributed by atoms with van der Waals surface area (Å²) in [5, 5.41) is 0.282. The molecule has 0 heterocycles. The third kappa shape index (κ3) is 4.22. The van der Waals surface area contributed by atoms with Crippen LogP contribution in [0.25, 0.3) is 0 Å². The van der Waals surface area contributed by atoms with Gasteiger partial charge in [0.2, 0.25) is 0 Å². The molecule has 0 aliphatic heterocycles. The van der Waals surface area contributed by atoms with Gasteiger partial charge < -0.3 is 9.22 Å². The molecule has 1 aliphatic carbocycles. The molecular formula is C14H28O2Si. The molecule has 0 radical (unpaired) electrons. The van der Waals surface area contributed by atoms with E-state index in [2.05, 4.69) is 33.9 Å². The van der Waals surface area contributed by atoms with Crippen molar-refractivity contribution in [2.75, 3.05) is 0 Å². The quantitative estimate of drug-likeness (QED) is 0.558. The minimum absolute atomic E-state index is 0.282. The van der Waals surface area contributed by atoms with E-state index in [1.54, 1.807) is 0 Å². The monoisotopic (exact) mass is 256 g/mol. The minimum atomic E-state index is -1.63. The van der Waals surface area contributed by atoms with Gasteiger partial charge in [0.25, 0.3) is 0 Å². The highest BCUT2D eigenvalue weighted by Gasteiger charge is 2.39. The largest absolute Gasteiger partial charge is 0.414 e. The van der Waals surface area contributed by atoms with Crippen molar-refractivity contribution >= 4 is 14.6 Å². The molecule has 0 saturated heterocycles. The van der Waals surface area contributed by atoms with Gasteiger partial charge in [-0.1, -0.05) is 27.2 Å². The van der Waals surface area contributed by atoms with E-state index in [1.807, 2.05) is 0 Å². The van der Waals surface area contributed by atoms with Gasteiger partial charge in [-0.2, -0.15) is 0 Å². The van der Waals surface area contributed by atoms with Crippen LogP contribution >= 0.6 is 0 Å². The van der Waals surface area contributed by atoms with Gasteiger partial charge in [0.05, 0.1) is 0 Å². The molecule has 0 spiro atoms.